The molecule has 1 fully saturated rings. The molecule has 0 amide bonds. The van der Waals surface area contributed by atoms with E-state index in [1.54, 1.807) is 11.1 Å². The van der Waals surface area contributed by atoms with Gasteiger partial charge in [0.25, 0.3) is 0 Å². The van der Waals surface area contributed by atoms with Gasteiger partial charge < -0.3 is 0 Å². The van der Waals surface area contributed by atoms with Crippen LogP contribution in [0.3, 0.4) is 0 Å². The van der Waals surface area contributed by atoms with Gasteiger partial charge in [-0.1, -0.05) is 128 Å². The lowest BCUT2D eigenvalue weighted by molar-refractivity contribution is 0.0205. The van der Waals surface area contributed by atoms with E-state index in [4.69, 9.17) is 0 Å². The number of hydrogen-bond acceptors (Lipinski definition) is 0. The molecule has 0 radical (unpaired) electrons. The molecule has 0 spiro atoms. The van der Waals surface area contributed by atoms with Crippen LogP contribution in [0.4, 0.5) is 0 Å². The van der Waals surface area contributed by atoms with Crippen molar-refractivity contribution in [3.8, 4) is 0 Å². The van der Waals surface area contributed by atoms with E-state index in [1.165, 1.54) is 64.2 Å². The smallest absolute Gasteiger partial charge is 0.000831 e. The maximum atomic E-state index is 2.82. The molecule has 1 saturated carbocycles. The van der Waals surface area contributed by atoms with Gasteiger partial charge in [-0.15, -0.1) is 0 Å². The lowest BCUT2D eigenvalue weighted by atomic mass is 9.52. The van der Waals surface area contributed by atoms with Gasteiger partial charge >= 0.3 is 0 Å². The summed E-state index contributed by atoms with van der Waals surface area (Å²) in [6, 6.07) is 0. The van der Waals surface area contributed by atoms with Gasteiger partial charge in [0.1, 0.15) is 0 Å². The van der Waals surface area contributed by atoms with Crippen molar-refractivity contribution in [3.05, 3.63) is 59.3 Å². The average molecular weight is 575 g/mol. The van der Waals surface area contributed by atoms with Crippen molar-refractivity contribution in [1.29, 1.82) is 0 Å². The summed E-state index contributed by atoms with van der Waals surface area (Å²) < 4.78 is 0. The van der Waals surface area contributed by atoms with Crippen molar-refractivity contribution in [2.24, 2.45) is 65.1 Å². The highest BCUT2D eigenvalue weighted by Crippen LogP contribution is 2.56. The summed E-state index contributed by atoms with van der Waals surface area (Å²) in [4.78, 5) is 0. The van der Waals surface area contributed by atoms with Crippen LogP contribution in [0, 0.1) is 65.1 Å². The van der Waals surface area contributed by atoms with Gasteiger partial charge in [0, 0.05) is 5.92 Å². The fraction of sp³-hybridized carbons (Fsp3) is 0.762. The highest BCUT2D eigenvalue weighted by Gasteiger charge is 2.48. The number of rotatable bonds is 10. The van der Waals surface area contributed by atoms with Gasteiger partial charge in [-0.05, 0) is 130 Å². The van der Waals surface area contributed by atoms with E-state index in [9.17, 15) is 0 Å². The van der Waals surface area contributed by atoms with Gasteiger partial charge in [-0.25, -0.2) is 0 Å². The van der Waals surface area contributed by atoms with Gasteiger partial charge in [-0.2, -0.15) is 0 Å². The zero-order valence-corrected chi connectivity index (χ0v) is 29.7. The van der Waals surface area contributed by atoms with Crippen LogP contribution >= 0.6 is 0 Å². The molecular formula is C42H70. The quantitative estimate of drug-likeness (QED) is 0.228. The van der Waals surface area contributed by atoms with E-state index in [0.717, 1.165) is 47.8 Å². The Morgan fingerprint density at radius 3 is 2.31 bits per heavy atom. The molecule has 3 rings (SSSR count). The zero-order chi connectivity index (χ0) is 30.8. The van der Waals surface area contributed by atoms with Crippen molar-refractivity contribution < 1.29 is 0 Å². The molecule has 0 saturated heterocycles. The van der Waals surface area contributed by atoms with Gasteiger partial charge in [0.15, 0.2) is 0 Å². The molecule has 0 N–H and O–H groups in total. The minimum Gasteiger partial charge on any atom is -0.0885 e. The van der Waals surface area contributed by atoms with E-state index >= 15 is 0 Å². The molecule has 0 aromatic carbocycles. The molecule has 0 bridgehead atoms. The summed E-state index contributed by atoms with van der Waals surface area (Å²) in [6.45, 7) is 24.9. The maximum absolute atomic E-state index is 2.82. The van der Waals surface area contributed by atoms with E-state index in [-0.39, 0.29) is 0 Å². The molecule has 3 aliphatic carbocycles. The SMILES string of the molecule is CC/C=C\C1/C(C(C2C(C)CC=C(CC(C)C)C2C)C2C(C)CCC(/C=C(/C)CC)C2CC)=C\CCC/C=C\CC1C. The van der Waals surface area contributed by atoms with Crippen LogP contribution in [0.5, 0.6) is 0 Å². The van der Waals surface area contributed by atoms with Crippen molar-refractivity contribution in [3.63, 3.8) is 0 Å². The second-order valence-corrected chi connectivity index (χ2v) is 15.4. The molecule has 10 unspecified atom stereocenters. The van der Waals surface area contributed by atoms with E-state index in [0.29, 0.717) is 23.7 Å². The summed E-state index contributed by atoms with van der Waals surface area (Å²) in [6.07, 6.45) is 32.3. The Balaban J connectivity index is 2.25. The Kier molecular flexibility index (Phi) is 14.5. The fourth-order valence-electron chi connectivity index (χ4n) is 9.47. The Morgan fingerprint density at radius 2 is 1.64 bits per heavy atom. The monoisotopic (exact) mass is 575 g/mol. The van der Waals surface area contributed by atoms with Crippen LogP contribution in [0.2, 0.25) is 0 Å². The second kappa shape index (κ2) is 17.3. The minimum absolute atomic E-state index is 0.551. The van der Waals surface area contributed by atoms with Crippen LogP contribution in [-0.4, -0.2) is 0 Å². The summed E-state index contributed by atoms with van der Waals surface area (Å²) in [5.41, 5.74) is 5.22. The molecule has 10 atom stereocenters. The Bertz CT molecular complexity index is 953. The average Bonchev–Trinajstić information content (AvgIpc) is 2.96. The lowest BCUT2D eigenvalue weighted by Crippen LogP contribution is -2.46. The molecule has 42 heavy (non-hydrogen) atoms. The fourth-order valence-corrected chi connectivity index (χ4v) is 9.47. The molecule has 0 heteroatoms. The maximum Gasteiger partial charge on any atom is 0.000831 e. The van der Waals surface area contributed by atoms with E-state index in [1.807, 2.05) is 5.57 Å². The standard InChI is InChI=1S/C42H70/c1-11-14-21-38-31(7)20-18-16-15-17-19-22-39(38)42(40-32(8)23-25-35(34(40)10)27-29(4)5)41-33(9)24-26-36(37(41)13-3)28-30(6)12-2/h14,16,18,21-22,25,28-29,31-34,36-38,40-42H,11-13,15,17,19-20,23-24,26-27H2,1-10H3/b18-16-,21-14-,30-28-,39-22+. The van der Waals surface area contributed by atoms with Crippen LogP contribution in [0.1, 0.15) is 140 Å². The van der Waals surface area contributed by atoms with Crippen LogP contribution < -0.4 is 0 Å². The minimum atomic E-state index is 0.551. The third kappa shape index (κ3) is 8.88. The number of allylic oxidation sites excluding steroid dienone is 10. The molecule has 3 aliphatic rings. The molecule has 0 aromatic rings. The van der Waals surface area contributed by atoms with Crippen LogP contribution in [0.15, 0.2) is 59.3 Å². The first-order valence-electron chi connectivity index (χ1n) is 18.5. The second-order valence-electron chi connectivity index (χ2n) is 15.4. The zero-order valence-electron chi connectivity index (χ0n) is 29.7. The van der Waals surface area contributed by atoms with Crippen molar-refractivity contribution in [1.82, 2.24) is 0 Å². The first-order chi connectivity index (χ1) is 20.1. The topological polar surface area (TPSA) is 0 Å². The normalized spacial score (nSPS) is 38.2. The molecule has 0 heterocycles. The predicted molar refractivity (Wildman–Crippen MR) is 188 cm³/mol. The summed E-state index contributed by atoms with van der Waals surface area (Å²) in [7, 11) is 0. The predicted octanol–water partition coefficient (Wildman–Crippen LogP) is 13.2. The molecule has 0 aromatic heterocycles. The van der Waals surface area contributed by atoms with Crippen molar-refractivity contribution >= 4 is 0 Å². The Morgan fingerprint density at radius 1 is 0.881 bits per heavy atom. The third-order valence-corrected chi connectivity index (χ3v) is 11.8. The molecule has 0 nitrogen and oxygen atoms in total. The van der Waals surface area contributed by atoms with E-state index in [2.05, 4.69) is 112 Å². The van der Waals surface area contributed by atoms with Gasteiger partial charge in [0.2, 0.25) is 0 Å². The van der Waals surface area contributed by atoms with Crippen LogP contribution in [-0.2, 0) is 0 Å². The Labute approximate surface area is 263 Å². The largest absolute Gasteiger partial charge is 0.0885 e. The van der Waals surface area contributed by atoms with Crippen molar-refractivity contribution in [2.45, 2.75) is 140 Å². The molecular weight excluding hydrogens is 504 g/mol. The highest BCUT2D eigenvalue weighted by molar-refractivity contribution is 5.26. The first-order valence-corrected chi connectivity index (χ1v) is 18.5. The Hall–Kier alpha value is -1.30. The summed E-state index contributed by atoms with van der Waals surface area (Å²) in [5, 5.41) is 0. The molecule has 238 valence electrons. The summed E-state index contributed by atoms with van der Waals surface area (Å²) in [5.74, 6) is 7.80. The molecule has 0 aliphatic heterocycles. The van der Waals surface area contributed by atoms with Crippen molar-refractivity contribution in [2.75, 3.05) is 0 Å². The van der Waals surface area contributed by atoms with Crippen LogP contribution in [0.25, 0.3) is 0 Å². The lowest BCUT2D eigenvalue weighted by Gasteiger charge is -2.53. The summed E-state index contributed by atoms with van der Waals surface area (Å²) >= 11 is 0. The highest BCUT2D eigenvalue weighted by atomic mass is 14.5. The van der Waals surface area contributed by atoms with E-state index < -0.39 is 0 Å². The third-order valence-electron chi connectivity index (χ3n) is 11.8. The first kappa shape index (κ1) is 35.2. The number of hydrogen-bond donors (Lipinski definition) is 0. The van der Waals surface area contributed by atoms with Gasteiger partial charge in [0.05, 0.1) is 0 Å². The van der Waals surface area contributed by atoms with Gasteiger partial charge in [-0.3, -0.25) is 0 Å².